The Morgan fingerprint density at radius 2 is 2.16 bits per heavy atom. The first-order valence-electron chi connectivity index (χ1n) is 5.94. The van der Waals surface area contributed by atoms with Crippen LogP contribution < -0.4 is 4.74 Å². The summed E-state index contributed by atoms with van der Waals surface area (Å²) < 4.78 is 7.00. The van der Waals surface area contributed by atoms with Crippen LogP contribution in [0.4, 0.5) is 0 Å². The molecule has 2 nitrogen and oxygen atoms in total. The molecule has 0 aliphatic heterocycles. The molecule has 0 bridgehead atoms. The van der Waals surface area contributed by atoms with Crippen molar-refractivity contribution < 1.29 is 4.74 Å². The highest BCUT2D eigenvalue weighted by molar-refractivity contribution is 9.10. The third-order valence-corrected chi connectivity index (χ3v) is 4.49. The second-order valence-electron chi connectivity index (χ2n) is 4.30. The molecule has 0 spiro atoms. The van der Waals surface area contributed by atoms with Crippen LogP contribution in [0.2, 0.25) is 0 Å². The van der Waals surface area contributed by atoms with E-state index in [1.54, 1.807) is 11.3 Å². The second kappa shape index (κ2) is 5.31. The highest BCUT2D eigenvalue weighted by Gasteiger charge is 2.05. The molecule has 96 valence electrons. The number of nitrogens with zero attached hydrogens (tertiary/aromatic N) is 1. The van der Waals surface area contributed by atoms with E-state index in [4.69, 9.17) is 4.74 Å². The normalized spacial score (nSPS) is 10.8. The van der Waals surface area contributed by atoms with Crippen molar-refractivity contribution in [2.24, 2.45) is 0 Å². The zero-order valence-corrected chi connectivity index (χ0v) is 12.8. The van der Waals surface area contributed by atoms with Gasteiger partial charge in [0.25, 0.3) is 0 Å². The molecule has 0 saturated carbocycles. The molecule has 4 heteroatoms. The predicted molar refractivity (Wildman–Crippen MR) is 82.8 cm³/mol. The maximum atomic E-state index is 5.90. The smallest absolute Gasteiger partial charge is 0.146 e. The van der Waals surface area contributed by atoms with Crippen molar-refractivity contribution in [3.05, 3.63) is 56.8 Å². The number of fused-ring (bicyclic) bond motifs is 1. The van der Waals surface area contributed by atoms with Crippen LogP contribution in [0.5, 0.6) is 5.75 Å². The first kappa shape index (κ1) is 12.6. The summed E-state index contributed by atoms with van der Waals surface area (Å²) in [6.07, 6.45) is 0. The first-order valence-corrected chi connectivity index (χ1v) is 7.62. The number of hydrogen-bond acceptors (Lipinski definition) is 3. The fourth-order valence-corrected chi connectivity index (χ4v) is 3.27. The summed E-state index contributed by atoms with van der Waals surface area (Å²) in [5.74, 6) is 0.839. The van der Waals surface area contributed by atoms with Gasteiger partial charge in [0.2, 0.25) is 0 Å². The van der Waals surface area contributed by atoms with Crippen molar-refractivity contribution in [3.8, 4) is 5.75 Å². The highest BCUT2D eigenvalue weighted by atomic mass is 79.9. The Labute approximate surface area is 124 Å². The molecule has 0 atom stereocenters. The molecule has 0 saturated heterocycles. The average molecular weight is 334 g/mol. The highest BCUT2D eigenvalue weighted by Crippen LogP contribution is 2.26. The molecule has 0 amide bonds. The first-order chi connectivity index (χ1) is 9.22. The molecular weight excluding hydrogens is 322 g/mol. The Morgan fingerprint density at radius 3 is 2.95 bits per heavy atom. The molecule has 3 rings (SSSR count). The van der Waals surface area contributed by atoms with E-state index in [0.717, 1.165) is 26.8 Å². The molecule has 0 aliphatic carbocycles. The largest absolute Gasteiger partial charge is 0.486 e. The Kier molecular flexibility index (Phi) is 3.53. The third-order valence-electron chi connectivity index (χ3n) is 2.81. The van der Waals surface area contributed by atoms with Crippen LogP contribution in [0.1, 0.15) is 10.6 Å². The van der Waals surface area contributed by atoms with Gasteiger partial charge in [0.05, 0.1) is 0 Å². The van der Waals surface area contributed by atoms with E-state index in [1.165, 1.54) is 4.88 Å². The van der Waals surface area contributed by atoms with Gasteiger partial charge in [-0.15, -0.1) is 11.3 Å². The van der Waals surface area contributed by atoms with E-state index < -0.39 is 0 Å². The van der Waals surface area contributed by atoms with Gasteiger partial charge in [0.15, 0.2) is 0 Å². The molecule has 1 aromatic carbocycles. The van der Waals surface area contributed by atoms with Crippen LogP contribution in [-0.2, 0) is 6.61 Å². The summed E-state index contributed by atoms with van der Waals surface area (Å²) in [7, 11) is 0. The lowest BCUT2D eigenvalue weighted by Crippen LogP contribution is -1.95. The second-order valence-corrected chi connectivity index (χ2v) is 6.21. The van der Waals surface area contributed by atoms with E-state index in [9.17, 15) is 0 Å². The fraction of sp³-hybridized carbons (Fsp3) is 0.133. The van der Waals surface area contributed by atoms with Crippen molar-refractivity contribution >= 4 is 38.2 Å². The van der Waals surface area contributed by atoms with E-state index in [-0.39, 0.29) is 0 Å². The van der Waals surface area contributed by atoms with Crippen LogP contribution in [0, 0.1) is 6.92 Å². The van der Waals surface area contributed by atoms with E-state index in [0.29, 0.717) is 6.61 Å². The van der Waals surface area contributed by atoms with Gasteiger partial charge >= 0.3 is 0 Å². The van der Waals surface area contributed by atoms with Gasteiger partial charge in [-0.3, -0.25) is 0 Å². The SMILES string of the molecule is Cc1ccc2cccc(OCc3cc(Br)cs3)c2n1. The van der Waals surface area contributed by atoms with Gasteiger partial charge in [0, 0.05) is 25.8 Å². The van der Waals surface area contributed by atoms with Crippen molar-refractivity contribution in [2.45, 2.75) is 13.5 Å². The molecule has 0 N–H and O–H groups in total. The Hall–Kier alpha value is -1.39. The lowest BCUT2D eigenvalue weighted by atomic mass is 10.2. The van der Waals surface area contributed by atoms with E-state index in [1.807, 2.05) is 25.1 Å². The third kappa shape index (κ3) is 2.80. The van der Waals surface area contributed by atoms with Crippen molar-refractivity contribution in [2.75, 3.05) is 0 Å². The van der Waals surface area contributed by atoms with Gasteiger partial charge in [-0.25, -0.2) is 4.98 Å². The maximum Gasteiger partial charge on any atom is 0.146 e. The summed E-state index contributed by atoms with van der Waals surface area (Å²) in [6, 6.07) is 12.2. The predicted octanol–water partition coefficient (Wildman–Crippen LogP) is 4.95. The number of halogens is 1. The average Bonchev–Trinajstić information content (AvgIpc) is 2.82. The number of aryl methyl sites for hydroxylation is 1. The molecule has 0 unspecified atom stereocenters. The number of pyridine rings is 1. The number of ether oxygens (including phenoxy) is 1. The summed E-state index contributed by atoms with van der Waals surface area (Å²) in [4.78, 5) is 5.75. The molecule has 19 heavy (non-hydrogen) atoms. The monoisotopic (exact) mass is 333 g/mol. The van der Waals surface area contributed by atoms with Gasteiger partial charge < -0.3 is 4.74 Å². The van der Waals surface area contributed by atoms with Gasteiger partial charge in [-0.2, -0.15) is 0 Å². The van der Waals surface area contributed by atoms with Crippen molar-refractivity contribution in [1.29, 1.82) is 0 Å². The quantitative estimate of drug-likeness (QED) is 0.676. The van der Waals surface area contributed by atoms with Crippen molar-refractivity contribution in [3.63, 3.8) is 0 Å². The number of para-hydroxylation sites is 1. The summed E-state index contributed by atoms with van der Waals surface area (Å²) in [6.45, 7) is 2.57. The van der Waals surface area contributed by atoms with Crippen LogP contribution in [0.25, 0.3) is 10.9 Å². The van der Waals surface area contributed by atoms with Crippen molar-refractivity contribution in [1.82, 2.24) is 4.98 Å². The van der Waals surface area contributed by atoms with E-state index >= 15 is 0 Å². The van der Waals surface area contributed by atoms with Crippen LogP contribution in [0.3, 0.4) is 0 Å². The summed E-state index contributed by atoms with van der Waals surface area (Å²) in [5, 5.41) is 3.17. The van der Waals surface area contributed by atoms with Crippen LogP contribution in [0.15, 0.2) is 46.3 Å². The molecular formula is C15H12BrNOS. The fourth-order valence-electron chi connectivity index (χ4n) is 1.91. The van der Waals surface area contributed by atoms with Crippen LogP contribution >= 0.6 is 27.3 Å². The standard InChI is InChI=1S/C15H12BrNOS/c1-10-5-6-11-3-2-4-14(15(11)17-10)18-8-13-7-12(16)9-19-13/h2-7,9H,8H2,1H3. The molecule has 2 heterocycles. The molecule has 0 aliphatic rings. The topological polar surface area (TPSA) is 22.1 Å². The summed E-state index contributed by atoms with van der Waals surface area (Å²) in [5.41, 5.74) is 1.93. The molecule has 0 fully saturated rings. The number of thiophene rings is 1. The van der Waals surface area contributed by atoms with Gasteiger partial charge in [-0.05, 0) is 41.1 Å². The summed E-state index contributed by atoms with van der Waals surface area (Å²) >= 11 is 5.14. The molecule has 0 radical (unpaired) electrons. The minimum atomic E-state index is 0.574. The Balaban J connectivity index is 1.90. The van der Waals surface area contributed by atoms with E-state index in [2.05, 4.69) is 44.5 Å². The number of hydrogen-bond donors (Lipinski definition) is 0. The number of benzene rings is 1. The lowest BCUT2D eigenvalue weighted by molar-refractivity contribution is 0.313. The number of rotatable bonds is 3. The zero-order chi connectivity index (χ0) is 13.2. The maximum absolute atomic E-state index is 5.90. The number of aromatic nitrogens is 1. The zero-order valence-electron chi connectivity index (χ0n) is 10.4. The minimum absolute atomic E-state index is 0.574. The van der Waals surface area contributed by atoms with Gasteiger partial charge in [0.1, 0.15) is 17.9 Å². The van der Waals surface area contributed by atoms with Crippen LogP contribution in [-0.4, -0.2) is 4.98 Å². The van der Waals surface area contributed by atoms with Gasteiger partial charge in [-0.1, -0.05) is 18.2 Å². The minimum Gasteiger partial charge on any atom is -0.486 e. The Morgan fingerprint density at radius 1 is 1.26 bits per heavy atom. The lowest BCUT2D eigenvalue weighted by Gasteiger charge is -2.08. The Bertz CT molecular complexity index is 723. The molecule has 2 aromatic heterocycles. The molecule has 3 aromatic rings.